The third-order valence-corrected chi connectivity index (χ3v) is 4.90. The lowest BCUT2D eigenvalue weighted by molar-refractivity contribution is 0.0697. The van der Waals surface area contributed by atoms with Gasteiger partial charge in [-0.25, -0.2) is 9.78 Å². The van der Waals surface area contributed by atoms with Gasteiger partial charge in [-0.2, -0.15) is 0 Å². The number of nitrogens with one attached hydrogen (secondary N) is 1. The van der Waals surface area contributed by atoms with Crippen molar-refractivity contribution in [1.29, 1.82) is 0 Å². The molecule has 0 unspecified atom stereocenters. The number of aromatic carboxylic acids is 1. The number of carboxylic acid groups (broad SMARTS) is 1. The second kappa shape index (κ2) is 4.45. The Balaban J connectivity index is 1.65. The molecule has 0 atom stereocenters. The summed E-state index contributed by atoms with van der Waals surface area (Å²) in [7, 11) is 0. The molecule has 4 rings (SSSR count). The summed E-state index contributed by atoms with van der Waals surface area (Å²) in [6.07, 6.45) is 5.19. The molecule has 1 heterocycles. The minimum Gasteiger partial charge on any atom is -0.478 e. The maximum atomic E-state index is 11.5. The smallest absolute Gasteiger partial charge is 0.339 e. The lowest BCUT2D eigenvalue weighted by atomic mass is 10.0. The Kier molecular flexibility index (Phi) is 2.67. The van der Waals surface area contributed by atoms with Crippen molar-refractivity contribution in [2.45, 2.75) is 25.7 Å². The van der Waals surface area contributed by atoms with E-state index in [1.807, 2.05) is 24.3 Å². The van der Waals surface area contributed by atoms with E-state index in [2.05, 4.69) is 10.3 Å². The molecule has 1 aromatic carbocycles. The number of nitrogens with zero attached hydrogens (tertiary/aromatic N) is 1. The monoisotopic (exact) mass is 282 g/mol. The third kappa shape index (κ3) is 2.24. The molecule has 1 aromatic heterocycles. The molecule has 21 heavy (non-hydrogen) atoms. The van der Waals surface area contributed by atoms with Crippen molar-refractivity contribution in [3.05, 3.63) is 35.9 Å². The molecule has 4 heteroatoms. The van der Waals surface area contributed by atoms with E-state index < -0.39 is 5.97 Å². The molecule has 0 amide bonds. The van der Waals surface area contributed by atoms with Gasteiger partial charge in [0.05, 0.1) is 5.52 Å². The summed E-state index contributed by atoms with van der Waals surface area (Å²) < 4.78 is 0. The molecule has 4 nitrogen and oxygen atoms in total. The summed E-state index contributed by atoms with van der Waals surface area (Å²) in [5.41, 5.74) is 1.52. The number of anilines is 1. The van der Waals surface area contributed by atoms with Crippen molar-refractivity contribution in [1.82, 2.24) is 4.98 Å². The SMILES string of the molecule is O=C(O)c1cc2ccccc2nc1NCC1(C2CC2)CC1. The minimum absolute atomic E-state index is 0.264. The van der Waals surface area contributed by atoms with Crippen molar-refractivity contribution in [2.24, 2.45) is 11.3 Å². The van der Waals surface area contributed by atoms with Crippen LogP contribution in [0.2, 0.25) is 0 Å². The summed E-state index contributed by atoms with van der Waals surface area (Å²) in [5, 5.41) is 13.6. The predicted molar refractivity (Wildman–Crippen MR) is 81.6 cm³/mol. The van der Waals surface area contributed by atoms with Gasteiger partial charge in [0.25, 0.3) is 0 Å². The molecule has 2 N–H and O–H groups in total. The molecule has 108 valence electrons. The average Bonchev–Trinajstić information content (AvgIpc) is 3.37. The van der Waals surface area contributed by atoms with Crippen LogP contribution in [0.4, 0.5) is 5.82 Å². The van der Waals surface area contributed by atoms with Gasteiger partial charge < -0.3 is 10.4 Å². The van der Waals surface area contributed by atoms with Crippen LogP contribution in [0.5, 0.6) is 0 Å². The standard InChI is InChI=1S/C17H18N2O2/c20-16(21)13-9-11-3-1-2-4-14(11)19-15(13)18-10-17(7-8-17)12-5-6-12/h1-4,9,12H,5-8,10H2,(H,18,19)(H,20,21). The fraction of sp³-hybridized carbons (Fsp3) is 0.412. The minimum atomic E-state index is -0.924. The first-order chi connectivity index (χ1) is 10.2. The van der Waals surface area contributed by atoms with E-state index in [-0.39, 0.29) is 5.56 Å². The Morgan fingerprint density at radius 2 is 2.10 bits per heavy atom. The molecule has 2 aliphatic rings. The number of aromatic nitrogens is 1. The van der Waals surface area contributed by atoms with E-state index in [9.17, 15) is 9.90 Å². The number of para-hydroxylation sites is 1. The zero-order valence-corrected chi connectivity index (χ0v) is 11.8. The van der Waals surface area contributed by atoms with Gasteiger partial charge in [-0.1, -0.05) is 18.2 Å². The first kappa shape index (κ1) is 12.6. The number of hydrogen-bond acceptors (Lipinski definition) is 3. The zero-order chi connectivity index (χ0) is 14.4. The van der Waals surface area contributed by atoms with Crippen LogP contribution < -0.4 is 5.32 Å². The normalized spacial score (nSPS) is 19.4. The zero-order valence-electron chi connectivity index (χ0n) is 11.8. The molecule has 0 radical (unpaired) electrons. The molecule has 2 aliphatic carbocycles. The largest absolute Gasteiger partial charge is 0.478 e. The highest BCUT2D eigenvalue weighted by Crippen LogP contribution is 2.61. The molecule has 2 saturated carbocycles. The highest BCUT2D eigenvalue weighted by atomic mass is 16.4. The van der Waals surface area contributed by atoms with Crippen molar-refractivity contribution in [3.63, 3.8) is 0 Å². The van der Waals surface area contributed by atoms with Crippen LogP contribution in [-0.2, 0) is 0 Å². The van der Waals surface area contributed by atoms with Gasteiger partial charge in [0.2, 0.25) is 0 Å². The lowest BCUT2D eigenvalue weighted by Gasteiger charge is -2.17. The van der Waals surface area contributed by atoms with E-state index >= 15 is 0 Å². The number of benzene rings is 1. The second-order valence-electron chi connectivity index (χ2n) is 6.37. The Morgan fingerprint density at radius 3 is 2.76 bits per heavy atom. The summed E-state index contributed by atoms with van der Waals surface area (Å²) in [6, 6.07) is 9.34. The fourth-order valence-electron chi connectivity index (χ4n) is 3.26. The van der Waals surface area contributed by atoms with Gasteiger partial charge in [-0.15, -0.1) is 0 Å². The molecule has 0 spiro atoms. The average molecular weight is 282 g/mol. The number of rotatable bonds is 5. The molecule has 0 saturated heterocycles. The van der Waals surface area contributed by atoms with Gasteiger partial charge >= 0.3 is 5.97 Å². The van der Waals surface area contributed by atoms with E-state index in [0.717, 1.165) is 23.4 Å². The quantitative estimate of drug-likeness (QED) is 0.880. The molecular formula is C17H18N2O2. The molecule has 0 bridgehead atoms. The molecular weight excluding hydrogens is 264 g/mol. The number of carbonyl (C=O) groups is 1. The first-order valence-corrected chi connectivity index (χ1v) is 7.55. The van der Waals surface area contributed by atoms with Crippen molar-refractivity contribution in [2.75, 3.05) is 11.9 Å². The van der Waals surface area contributed by atoms with Gasteiger partial charge in [-0.05, 0) is 49.1 Å². The third-order valence-electron chi connectivity index (χ3n) is 4.90. The number of pyridine rings is 1. The van der Waals surface area contributed by atoms with E-state index in [4.69, 9.17) is 0 Å². The number of carboxylic acids is 1. The number of hydrogen-bond donors (Lipinski definition) is 2. The maximum absolute atomic E-state index is 11.5. The van der Waals surface area contributed by atoms with E-state index in [1.54, 1.807) is 6.07 Å². The van der Waals surface area contributed by atoms with Gasteiger partial charge in [-0.3, -0.25) is 0 Å². The Labute approximate surface area is 123 Å². The summed E-state index contributed by atoms with van der Waals surface area (Å²) in [6.45, 7) is 0.850. The van der Waals surface area contributed by atoms with Crippen molar-refractivity contribution < 1.29 is 9.90 Å². The lowest BCUT2D eigenvalue weighted by Crippen LogP contribution is -2.19. The summed E-state index contributed by atoms with van der Waals surface area (Å²) in [5.74, 6) is 0.430. The fourth-order valence-corrected chi connectivity index (χ4v) is 3.26. The van der Waals surface area contributed by atoms with Crippen LogP contribution in [0.3, 0.4) is 0 Å². The second-order valence-corrected chi connectivity index (χ2v) is 6.37. The highest BCUT2D eigenvalue weighted by Gasteiger charge is 2.53. The van der Waals surface area contributed by atoms with Crippen molar-refractivity contribution >= 4 is 22.7 Å². The Hall–Kier alpha value is -2.10. The summed E-state index contributed by atoms with van der Waals surface area (Å²) >= 11 is 0. The van der Waals surface area contributed by atoms with Crippen molar-refractivity contribution in [3.8, 4) is 0 Å². The Morgan fingerprint density at radius 1 is 1.33 bits per heavy atom. The van der Waals surface area contributed by atoms with E-state index in [1.165, 1.54) is 25.7 Å². The van der Waals surface area contributed by atoms with Crippen LogP contribution in [0, 0.1) is 11.3 Å². The Bertz CT molecular complexity index is 718. The maximum Gasteiger partial charge on any atom is 0.339 e. The van der Waals surface area contributed by atoms with Gasteiger partial charge in [0.15, 0.2) is 0 Å². The predicted octanol–water partition coefficient (Wildman–Crippen LogP) is 3.54. The molecule has 0 aliphatic heterocycles. The summed E-state index contributed by atoms with van der Waals surface area (Å²) in [4.78, 5) is 16.0. The van der Waals surface area contributed by atoms with Crippen LogP contribution in [0.15, 0.2) is 30.3 Å². The van der Waals surface area contributed by atoms with Gasteiger partial charge in [0, 0.05) is 11.9 Å². The number of fused-ring (bicyclic) bond motifs is 1. The highest BCUT2D eigenvalue weighted by molar-refractivity contribution is 5.98. The van der Waals surface area contributed by atoms with Crippen LogP contribution in [0.1, 0.15) is 36.0 Å². The van der Waals surface area contributed by atoms with Gasteiger partial charge in [0.1, 0.15) is 11.4 Å². The van der Waals surface area contributed by atoms with Crippen LogP contribution >= 0.6 is 0 Å². The topological polar surface area (TPSA) is 62.2 Å². The van der Waals surface area contributed by atoms with Crippen LogP contribution in [-0.4, -0.2) is 22.6 Å². The van der Waals surface area contributed by atoms with Crippen LogP contribution in [0.25, 0.3) is 10.9 Å². The van der Waals surface area contributed by atoms with E-state index in [0.29, 0.717) is 11.2 Å². The first-order valence-electron chi connectivity index (χ1n) is 7.55. The molecule has 2 fully saturated rings. The molecule has 2 aromatic rings.